The quantitative estimate of drug-likeness (QED) is 0.600. The van der Waals surface area contributed by atoms with Gasteiger partial charge >= 0.3 is 0 Å². The molecule has 0 N–H and O–H groups in total. The molecule has 0 nitrogen and oxygen atoms in total. The van der Waals surface area contributed by atoms with E-state index in [-0.39, 0.29) is 7.43 Å². The Kier molecular flexibility index (Phi) is 11.6. The number of hydrogen-bond donors (Lipinski definition) is 0. The van der Waals surface area contributed by atoms with E-state index >= 15 is 0 Å². The first-order chi connectivity index (χ1) is 6.88. The molecule has 0 radical (unpaired) electrons. The molecule has 0 amide bonds. The Morgan fingerprint density at radius 2 is 1.80 bits per heavy atom. The third-order valence-corrected chi connectivity index (χ3v) is 1.85. The van der Waals surface area contributed by atoms with Crippen molar-refractivity contribution in [3.63, 3.8) is 0 Å². The van der Waals surface area contributed by atoms with Crippen LogP contribution < -0.4 is 0 Å². The van der Waals surface area contributed by atoms with E-state index in [1.165, 1.54) is 11.1 Å². The molecular weight excluding hydrogens is 180 g/mol. The standard InChI is InChI=1S/C12H14.C2H6.CH4/c1-3-5-8-12-10-7-6-9-11(12)4-2;1-2;/h3,5-10H,1,4H2,2H3;1-2H3;1H4/b8-5-;;. The number of aryl methyl sites for hydroxylation is 1. The molecule has 0 saturated carbocycles. The van der Waals surface area contributed by atoms with Crippen molar-refractivity contribution in [3.8, 4) is 0 Å². The summed E-state index contributed by atoms with van der Waals surface area (Å²) in [4.78, 5) is 0. The van der Waals surface area contributed by atoms with E-state index in [0.29, 0.717) is 0 Å². The lowest BCUT2D eigenvalue weighted by Crippen LogP contribution is -1.83. The lowest BCUT2D eigenvalue weighted by atomic mass is 10.1. The van der Waals surface area contributed by atoms with Gasteiger partial charge in [-0.1, -0.05) is 77.3 Å². The molecule has 0 atom stereocenters. The summed E-state index contributed by atoms with van der Waals surface area (Å²) in [5, 5.41) is 0. The first-order valence-corrected chi connectivity index (χ1v) is 5.25. The van der Waals surface area contributed by atoms with Gasteiger partial charge in [0.05, 0.1) is 0 Å². The van der Waals surface area contributed by atoms with Crippen LogP contribution in [0.4, 0.5) is 0 Å². The second-order valence-corrected chi connectivity index (χ2v) is 2.65. The third kappa shape index (κ3) is 5.90. The van der Waals surface area contributed by atoms with Crippen LogP contribution in [-0.4, -0.2) is 0 Å². The minimum Gasteiger partial charge on any atom is -0.0991 e. The van der Waals surface area contributed by atoms with E-state index in [9.17, 15) is 0 Å². The Bertz CT molecular complexity index is 282. The second-order valence-electron chi connectivity index (χ2n) is 2.65. The topological polar surface area (TPSA) is 0 Å². The highest BCUT2D eigenvalue weighted by molar-refractivity contribution is 5.54. The van der Waals surface area contributed by atoms with Crippen LogP contribution in [-0.2, 0) is 6.42 Å². The average Bonchev–Trinajstić information content (AvgIpc) is 2.29. The molecule has 1 aromatic rings. The fourth-order valence-corrected chi connectivity index (χ4v) is 1.19. The largest absolute Gasteiger partial charge is 0.0991 e. The highest BCUT2D eigenvalue weighted by atomic mass is 14.0. The molecule has 0 aliphatic heterocycles. The van der Waals surface area contributed by atoms with Crippen LogP contribution in [0.25, 0.3) is 6.08 Å². The van der Waals surface area contributed by atoms with Crippen molar-refractivity contribution in [1.82, 2.24) is 0 Å². The summed E-state index contributed by atoms with van der Waals surface area (Å²) in [6, 6.07) is 8.41. The van der Waals surface area contributed by atoms with E-state index in [2.05, 4.69) is 43.8 Å². The van der Waals surface area contributed by atoms with Crippen LogP contribution >= 0.6 is 0 Å². The van der Waals surface area contributed by atoms with Crippen LogP contribution in [0, 0.1) is 0 Å². The van der Waals surface area contributed by atoms with Gasteiger partial charge in [0.15, 0.2) is 0 Å². The van der Waals surface area contributed by atoms with Gasteiger partial charge in [0.1, 0.15) is 0 Å². The summed E-state index contributed by atoms with van der Waals surface area (Å²) in [5.74, 6) is 0. The molecule has 15 heavy (non-hydrogen) atoms. The normalized spacial score (nSPS) is 8.73. The predicted octanol–water partition coefficient (Wildman–Crippen LogP) is 5.11. The Hall–Kier alpha value is -1.30. The van der Waals surface area contributed by atoms with Crippen LogP contribution in [0.3, 0.4) is 0 Å². The molecule has 0 aliphatic carbocycles. The monoisotopic (exact) mass is 204 g/mol. The highest BCUT2D eigenvalue weighted by Crippen LogP contribution is 2.10. The average molecular weight is 204 g/mol. The molecule has 0 spiro atoms. The molecule has 0 heterocycles. The minimum absolute atomic E-state index is 0. The van der Waals surface area contributed by atoms with Gasteiger partial charge in [-0.25, -0.2) is 0 Å². The zero-order valence-corrected chi connectivity index (χ0v) is 9.46. The van der Waals surface area contributed by atoms with Gasteiger partial charge in [-0.15, -0.1) is 0 Å². The molecule has 0 aromatic heterocycles. The van der Waals surface area contributed by atoms with Gasteiger partial charge in [0.2, 0.25) is 0 Å². The Morgan fingerprint density at radius 1 is 1.20 bits per heavy atom. The third-order valence-electron chi connectivity index (χ3n) is 1.85. The van der Waals surface area contributed by atoms with Gasteiger partial charge in [-0.2, -0.15) is 0 Å². The molecule has 1 rings (SSSR count). The number of benzene rings is 1. The molecule has 0 aliphatic rings. The van der Waals surface area contributed by atoms with Crippen molar-refractivity contribution >= 4 is 6.08 Å². The Balaban J connectivity index is 0. The maximum absolute atomic E-state index is 3.64. The fraction of sp³-hybridized carbons (Fsp3) is 0.333. The van der Waals surface area contributed by atoms with Gasteiger partial charge in [0.25, 0.3) is 0 Å². The van der Waals surface area contributed by atoms with Crippen LogP contribution in [0.1, 0.15) is 39.3 Å². The summed E-state index contributed by atoms with van der Waals surface area (Å²) in [5.41, 5.74) is 2.68. The SMILES string of the molecule is C.C=C/C=C\c1ccccc1CC.CC. The first kappa shape index (κ1) is 16.1. The number of allylic oxidation sites excluding steroid dienone is 2. The van der Waals surface area contributed by atoms with E-state index in [1.807, 2.05) is 19.9 Å². The summed E-state index contributed by atoms with van der Waals surface area (Å²) >= 11 is 0. The van der Waals surface area contributed by atoms with E-state index in [4.69, 9.17) is 0 Å². The van der Waals surface area contributed by atoms with Gasteiger partial charge in [-0.3, -0.25) is 0 Å². The predicted molar refractivity (Wildman–Crippen MR) is 73.1 cm³/mol. The van der Waals surface area contributed by atoms with Gasteiger partial charge in [-0.05, 0) is 17.5 Å². The molecule has 0 bridgehead atoms. The second kappa shape index (κ2) is 10.8. The molecule has 84 valence electrons. The van der Waals surface area contributed by atoms with Crippen molar-refractivity contribution in [3.05, 3.63) is 54.1 Å². The highest BCUT2D eigenvalue weighted by Gasteiger charge is 1.92. The molecule has 1 aromatic carbocycles. The zero-order valence-electron chi connectivity index (χ0n) is 9.46. The van der Waals surface area contributed by atoms with Gasteiger partial charge in [0, 0.05) is 0 Å². The number of hydrogen-bond acceptors (Lipinski definition) is 0. The van der Waals surface area contributed by atoms with Crippen molar-refractivity contribution in [1.29, 1.82) is 0 Å². The van der Waals surface area contributed by atoms with Crippen LogP contribution in [0.15, 0.2) is 43.0 Å². The lowest BCUT2D eigenvalue weighted by Gasteiger charge is -2.00. The van der Waals surface area contributed by atoms with Crippen LogP contribution in [0.2, 0.25) is 0 Å². The summed E-state index contributed by atoms with van der Waals surface area (Å²) in [6.07, 6.45) is 6.93. The lowest BCUT2D eigenvalue weighted by molar-refractivity contribution is 1.13. The van der Waals surface area contributed by atoms with Crippen molar-refractivity contribution < 1.29 is 0 Å². The summed E-state index contributed by atoms with van der Waals surface area (Å²) < 4.78 is 0. The minimum atomic E-state index is 0. The maximum atomic E-state index is 3.64. The summed E-state index contributed by atoms with van der Waals surface area (Å²) in [6.45, 7) is 9.81. The first-order valence-electron chi connectivity index (χ1n) is 5.25. The smallest absolute Gasteiger partial charge is 0.0225 e. The van der Waals surface area contributed by atoms with Crippen molar-refractivity contribution in [2.75, 3.05) is 0 Å². The van der Waals surface area contributed by atoms with Crippen molar-refractivity contribution in [2.24, 2.45) is 0 Å². The molecule has 0 fully saturated rings. The van der Waals surface area contributed by atoms with Crippen LogP contribution in [0.5, 0.6) is 0 Å². The molecule has 0 unspecified atom stereocenters. The fourth-order valence-electron chi connectivity index (χ4n) is 1.19. The Morgan fingerprint density at radius 3 is 2.33 bits per heavy atom. The van der Waals surface area contributed by atoms with Crippen molar-refractivity contribution in [2.45, 2.75) is 34.6 Å². The molecular formula is C15H24. The zero-order chi connectivity index (χ0) is 10.8. The Labute approximate surface area is 95.3 Å². The van der Waals surface area contributed by atoms with E-state index < -0.39 is 0 Å². The van der Waals surface area contributed by atoms with Gasteiger partial charge < -0.3 is 0 Å². The van der Waals surface area contributed by atoms with E-state index in [1.54, 1.807) is 6.08 Å². The molecule has 0 saturated heterocycles. The number of rotatable bonds is 3. The van der Waals surface area contributed by atoms with E-state index in [0.717, 1.165) is 6.42 Å². The summed E-state index contributed by atoms with van der Waals surface area (Å²) in [7, 11) is 0. The maximum Gasteiger partial charge on any atom is -0.0225 e. The molecule has 0 heteroatoms.